The number of ether oxygens (including phenoxy) is 1. The molecule has 1 aromatic rings. The molecule has 0 amide bonds. The van der Waals surface area contributed by atoms with Crippen molar-refractivity contribution >= 4 is 5.97 Å². The molecule has 5 heteroatoms. The van der Waals surface area contributed by atoms with Crippen LogP contribution < -0.4 is 4.74 Å². The van der Waals surface area contributed by atoms with E-state index in [1.165, 1.54) is 19.1 Å². The maximum atomic E-state index is 14.3. The lowest BCUT2D eigenvalue weighted by atomic mass is 9.92. The van der Waals surface area contributed by atoms with Crippen LogP contribution in [-0.4, -0.2) is 16.7 Å². The van der Waals surface area contributed by atoms with Crippen molar-refractivity contribution in [1.82, 2.24) is 0 Å². The Bertz CT molecular complexity index is 552. The fraction of sp³-hybridized carbons (Fsp3) is 0.562. The first-order valence-corrected chi connectivity index (χ1v) is 7.01. The number of hydrogen-bond acceptors (Lipinski definition) is 2. The highest BCUT2D eigenvalue weighted by molar-refractivity contribution is 5.66. The Morgan fingerprint density at radius 3 is 2.76 bits per heavy atom. The summed E-state index contributed by atoms with van der Waals surface area (Å²) in [7, 11) is 0. The van der Waals surface area contributed by atoms with Crippen LogP contribution in [0.5, 0.6) is 5.75 Å². The second-order valence-electron chi connectivity index (χ2n) is 6.47. The van der Waals surface area contributed by atoms with Crippen molar-refractivity contribution in [2.75, 3.05) is 0 Å². The van der Waals surface area contributed by atoms with E-state index in [0.29, 0.717) is 12.2 Å². The minimum atomic E-state index is -3.03. The van der Waals surface area contributed by atoms with Crippen LogP contribution in [0, 0.1) is 5.92 Å². The predicted octanol–water partition coefficient (Wildman–Crippen LogP) is 3.99. The number of fused-ring (bicyclic) bond motifs is 1. The molecule has 1 unspecified atom stereocenters. The topological polar surface area (TPSA) is 46.5 Å². The first-order valence-electron chi connectivity index (χ1n) is 7.01. The fourth-order valence-electron chi connectivity index (χ4n) is 2.76. The quantitative estimate of drug-likeness (QED) is 0.894. The number of carboxylic acid groups (broad SMARTS) is 1. The third kappa shape index (κ3) is 3.71. The molecule has 1 aliphatic heterocycles. The molecule has 0 radical (unpaired) electrons. The summed E-state index contributed by atoms with van der Waals surface area (Å²) in [5.74, 6) is -4.02. The summed E-state index contributed by atoms with van der Waals surface area (Å²) in [6, 6.07) is 4.43. The van der Waals surface area contributed by atoms with E-state index in [9.17, 15) is 13.6 Å². The van der Waals surface area contributed by atoms with Gasteiger partial charge in [-0.15, -0.1) is 0 Å². The van der Waals surface area contributed by atoms with E-state index in [1.54, 1.807) is 6.07 Å². The fourth-order valence-corrected chi connectivity index (χ4v) is 2.76. The summed E-state index contributed by atoms with van der Waals surface area (Å²) in [5, 5.41) is 8.67. The Hall–Kier alpha value is -1.65. The Labute approximate surface area is 122 Å². The van der Waals surface area contributed by atoms with Gasteiger partial charge in [0.25, 0.3) is 5.92 Å². The Morgan fingerprint density at radius 1 is 1.48 bits per heavy atom. The molecule has 0 bridgehead atoms. The molecule has 1 aromatic carbocycles. The molecule has 1 N–H and O–H groups in total. The molecule has 116 valence electrons. The van der Waals surface area contributed by atoms with Gasteiger partial charge in [-0.25, -0.2) is 8.78 Å². The maximum Gasteiger partial charge on any atom is 0.303 e. The molecule has 1 atom stereocenters. The molecule has 0 spiro atoms. The lowest BCUT2D eigenvalue weighted by Gasteiger charge is -2.20. The number of benzene rings is 1. The summed E-state index contributed by atoms with van der Waals surface area (Å²) >= 11 is 0. The van der Waals surface area contributed by atoms with E-state index in [2.05, 4.69) is 0 Å². The van der Waals surface area contributed by atoms with Gasteiger partial charge in [-0.3, -0.25) is 4.79 Å². The lowest BCUT2D eigenvalue weighted by molar-refractivity contribution is -0.138. The van der Waals surface area contributed by atoms with Crippen molar-refractivity contribution < 1.29 is 23.4 Å². The van der Waals surface area contributed by atoms with E-state index in [0.717, 1.165) is 5.56 Å². The standard InChI is InChI=1S/C16H20F2O3/c1-10(6-14(19)20)8-16(17,18)12-4-5-13-11(7-12)9-15(2,3)21-13/h4-5,7,10H,6,8-9H2,1-3H3,(H,19,20). The number of halogens is 2. The van der Waals surface area contributed by atoms with E-state index >= 15 is 0 Å². The Kier molecular flexibility index (Phi) is 3.95. The molecule has 21 heavy (non-hydrogen) atoms. The number of alkyl halides is 2. The normalized spacial score (nSPS) is 18.0. The maximum absolute atomic E-state index is 14.3. The van der Waals surface area contributed by atoms with Crippen LogP contribution in [0.3, 0.4) is 0 Å². The van der Waals surface area contributed by atoms with E-state index < -0.39 is 24.2 Å². The predicted molar refractivity (Wildman–Crippen MR) is 74.8 cm³/mol. The third-order valence-corrected chi connectivity index (χ3v) is 3.61. The zero-order chi connectivity index (χ0) is 15.8. The summed E-state index contributed by atoms with van der Waals surface area (Å²) < 4.78 is 34.2. The molecular weight excluding hydrogens is 278 g/mol. The summed E-state index contributed by atoms with van der Waals surface area (Å²) in [5.41, 5.74) is 0.343. The van der Waals surface area contributed by atoms with Crippen LogP contribution in [0.2, 0.25) is 0 Å². The van der Waals surface area contributed by atoms with Gasteiger partial charge in [0.1, 0.15) is 11.4 Å². The zero-order valence-electron chi connectivity index (χ0n) is 12.5. The van der Waals surface area contributed by atoms with Crippen LogP contribution in [0.4, 0.5) is 8.78 Å². The van der Waals surface area contributed by atoms with Crippen LogP contribution in [0.15, 0.2) is 18.2 Å². The van der Waals surface area contributed by atoms with Crippen LogP contribution in [-0.2, 0) is 17.1 Å². The van der Waals surface area contributed by atoms with Gasteiger partial charge >= 0.3 is 5.97 Å². The molecule has 1 aliphatic rings. The average molecular weight is 298 g/mol. The molecule has 0 saturated heterocycles. The van der Waals surface area contributed by atoms with Crippen LogP contribution in [0.25, 0.3) is 0 Å². The first kappa shape index (κ1) is 15.7. The van der Waals surface area contributed by atoms with Crippen molar-refractivity contribution in [2.45, 2.75) is 51.6 Å². The number of aliphatic carboxylic acids is 1. The lowest BCUT2D eigenvalue weighted by Crippen LogP contribution is -2.24. The number of rotatable bonds is 5. The van der Waals surface area contributed by atoms with Gasteiger partial charge in [-0.05, 0) is 43.5 Å². The molecule has 3 nitrogen and oxygen atoms in total. The van der Waals surface area contributed by atoms with Gasteiger partial charge in [-0.1, -0.05) is 6.92 Å². The molecular formula is C16H20F2O3. The van der Waals surface area contributed by atoms with E-state index in [4.69, 9.17) is 9.84 Å². The molecule has 0 fully saturated rings. The summed E-state index contributed by atoms with van der Waals surface area (Å²) in [4.78, 5) is 10.6. The molecule has 2 rings (SSSR count). The SMILES string of the molecule is CC(CC(=O)O)CC(F)(F)c1ccc2c(c1)CC(C)(C)O2. The van der Waals surface area contributed by atoms with Crippen molar-refractivity contribution in [2.24, 2.45) is 5.92 Å². The third-order valence-electron chi connectivity index (χ3n) is 3.61. The number of carbonyl (C=O) groups is 1. The first-order chi connectivity index (χ1) is 9.59. The van der Waals surface area contributed by atoms with Crippen molar-refractivity contribution in [3.05, 3.63) is 29.3 Å². The Morgan fingerprint density at radius 2 is 2.14 bits per heavy atom. The molecule has 0 saturated carbocycles. The van der Waals surface area contributed by atoms with Crippen molar-refractivity contribution in [1.29, 1.82) is 0 Å². The second-order valence-corrected chi connectivity index (χ2v) is 6.47. The number of hydrogen-bond donors (Lipinski definition) is 1. The van der Waals surface area contributed by atoms with Gasteiger partial charge in [-0.2, -0.15) is 0 Å². The molecule has 0 aromatic heterocycles. The van der Waals surface area contributed by atoms with E-state index in [1.807, 2.05) is 13.8 Å². The Balaban J connectivity index is 2.16. The van der Waals surface area contributed by atoms with Crippen LogP contribution in [0.1, 0.15) is 44.7 Å². The minimum Gasteiger partial charge on any atom is -0.487 e. The monoisotopic (exact) mass is 298 g/mol. The average Bonchev–Trinajstić information content (AvgIpc) is 2.59. The summed E-state index contributed by atoms with van der Waals surface area (Å²) in [6.07, 6.45) is -0.129. The molecule has 0 aliphatic carbocycles. The molecule has 1 heterocycles. The number of carboxylic acids is 1. The van der Waals surface area contributed by atoms with Gasteiger partial charge in [0.05, 0.1) is 0 Å². The van der Waals surface area contributed by atoms with Gasteiger partial charge in [0, 0.05) is 24.8 Å². The zero-order valence-corrected chi connectivity index (χ0v) is 12.5. The second kappa shape index (κ2) is 5.28. The van der Waals surface area contributed by atoms with E-state index in [-0.39, 0.29) is 17.6 Å². The summed E-state index contributed by atoms with van der Waals surface area (Å²) in [6.45, 7) is 5.36. The highest BCUT2D eigenvalue weighted by Crippen LogP contribution is 2.41. The van der Waals surface area contributed by atoms with Gasteiger partial charge in [0.2, 0.25) is 0 Å². The van der Waals surface area contributed by atoms with Gasteiger partial charge < -0.3 is 9.84 Å². The smallest absolute Gasteiger partial charge is 0.303 e. The minimum absolute atomic E-state index is 0.0696. The van der Waals surface area contributed by atoms with Crippen molar-refractivity contribution in [3.63, 3.8) is 0 Å². The van der Waals surface area contributed by atoms with Crippen LogP contribution >= 0.6 is 0 Å². The highest BCUT2D eigenvalue weighted by Gasteiger charge is 2.37. The van der Waals surface area contributed by atoms with Gasteiger partial charge in [0.15, 0.2) is 0 Å². The highest BCUT2D eigenvalue weighted by atomic mass is 19.3. The van der Waals surface area contributed by atoms with Crippen molar-refractivity contribution in [3.8, 4) is 5.75 Å². The largest absolute Gasteiger partial charge is 0.487 e.